The molecule has 0 aliphatic carbocycles. The first-order chi connectivity index (χ1) is 10.6. The fraction of sp³-hybridized carbons (Fsp3) is 0.357. The van der Waals surface area contributed by atoms with Crippen LogP contribution in [-0.2, 0) is 0 Å². The van der Waals surface area contributed by atoms with Crippen LogP contribution in [0.4, 0.5) is 0 Å². The van der Waals surface area contributed by atoms with Gasteiger partial charge in [-0.2, -0.15) is 15.4 Å². The normalized spacial score (nSPS) is 10.5. The Morgan fingerprint density at radius 3 is 2.82 bits per heavy atom. The Balaban J connectivity index is 2.41. The number of carbonyl (C=O) groups excluding carboxylic acids is 1. The average molecular weight is 369 g/mol. The van der Waals surface area contributed by atoms with E-state index in [1.54, 1.807) is 19.2 Å². The van der Waals surface area contributed by atoms with Crippen molar-refractivity contribution in [2.45, 2.75) is 19.8 Å². The third-order valence-corrected chi connectivity index (χ3v) is 3.62. The Morgan fingerprint density at radius 1 is 1.41 bits per heavy atom. The molecular weight excluding hydrogens is 352 g/mol. The molecule has 3 N–H and O–H groups in total. The quantitative estimate of drug-likeness (QED) is 0.730. The number of hydrogen-bond acceptors (Lipinski definition) is 5. The van der Waals surface area contributed by atoms with Crippen LogP contribution >= 0.6 is 15.9 Å². The number of ether oxygens (including phenoxy) is 2. The molecule has 2 aromatic rings. The Kier molecular flexibility index (Phi) is 5.37. The van der Waals surface area contributed by atoms with Gasteiger partial charge in [0.1, 0.15) is 5.69 Å². The Hall–Kier alpha value is -2.09. The minimum atomic E-state index is -0.651. The summed E-state index contributed by atoms with van der Waals surface area (Å²) in [5.74, 6) is 0.504. The molecule has 0 atom stereocenters. The van der Waals surface area contributed by atoms with E-state index in [0.29, 0.717) is 33.8 Å². The molecule has 7 nitrogen and oxygen atoms in total. The summed E-state index contributed by atoms with van der Waals surface area (Å²) in [6, 6.07) is 3.52. The number of nitrogens with one attached hydrogen (secondary N) is 1. The molecule has 0 aliphatic heterocycles. The molecule has 8 heteroatoms. The van der Waals surface area contributed by atoms with Crippen LogP contribution in [0, 0.1) is 0 Å². The highest BCUT2D eigenvalue weighted by Gasteiger charge is 2.19. The number of methoxy groups -OCH3 is 1. The number of aromatic nitrogens is 3. The van der Waals surface area contributed by atoms with Crippen LogP contribution in [0.3, 0.4) is 0 Å². The van der Waals surface area contributed by atoms with Crippen LogP contribution in [-0.4, -0.2) is 35.0 Å². The minimum absolute atomic E-state index is 0.0774. The van der Waals surface area contributed by atoms with Gasteiger partial charge in [0, 0.05) is 5.56 Å². The van der Waals surface area contributed by atoms with E-state index in [2.05, 4.69) is 38.3 Å². The van der Waals surface area contributed by atoms with Gasteiger partial charge < -0.3 is 15.2 Å². The maximum atomic E-state index is 11.4. The molecule has 0 aliphatic rings. The molecule has 0 spiro atoms. The maximum Gasteiger partial charge on any atom is 0.271 e. The topological polar surface area (TPSA) is 103 Å². The first kappa shape index (κ1) is 16.3. The molecule has 0 radical (unpaired) electrons. The molecule has 0 fully saturated rings. The van der Waals surface area contributed by atoms with Crippen molar-refractivity contribution < 1.29 is 14.3 Å². The zero-order valence-corrected chi connectivity index (χ0v) is 13.9. The third kappa shape index (κ3) is 3.38. The predicted octanol–water partition coefficient (Wildman–Crippen LogP) is 2.52. The van der Waals surface area contributed by atoms with E-state index in [1.165, 1.54) is 0 Å². The molecule has 2 rings (SSSR count). The molecule has 0 unspecified atom stereocenters. The average Bonchev–Trinajstić information content (AvgIpc) is 2.98. The summed E-state index contributed by atoms with van der Waals surface area (Å²) in [4.78, 5) is 11.4. The Labute approximate surface area is 136 Å². The number of halogens is 1. The lowest BCUT2D eigenvalue weighted by atomic mass is 10.1. The zero-order valence-electron chi connectivity index (χ0n) is 12.4. The van der Waals surface area contributed by atoms with Gasteiger partial charge in [-0.3, -0.25) is 4.79 Å². The highest BCUT2D eigenvalue weighted by atomic mass is 79.9. The molecule has 22 heavy (non-hydrogen) atoms. The van der Waals surface area contributed by atoms with Crippen LogP contribution in [0.15, 0.2) is 16.6 Å². The molecule has 118 valence electrons. The number of amides is 1. The molecule has 1 amide bonds. The van der Waals surface area contributed by atoms with Crippen molar-refractivity contribution in [2.24, 2.45) is 5.73 Å². The number of nitrogens with two attached hydrogens (primary N) is 1. The number of rotatable bonds is 7. The van der Waals surface area contributed by atoms with E-state index in [0.717, 1.165) is 12.8 Å². The van der Waals surface area contributed by atoms with Gasteiger partial charge >= 0.3 is 0 Å². The summed E-state index contributed by atoms with van der Waals surface area (Å²) in [6.07, 6.45) is 1.99. The molecule has 0 saturated heterocycles. The second-order valence-corrected chi connectivity index (χ2v) is 5.43. The standard InChI is InChI=1S/C14H17BrN4O3/c1-3-4-5-22-13-9(15)6-8(7-10(13)21-2)11-12(14(16)20)18-19-17-11/h6-7H,3-5H2,1-2H3,(H2,16,20)(H,17,18,19). The number of hydrogen-bond donors (Lipinski definition) is 2. The van der Waals surface area contributed by atoms with E-state index >= 15 is 0 Å². The predicted molar refractivity (Wildman–Crippen MR) is 85.0 cm³/mol. The summed E-state index contributed by atoms with van der Waals surface area (Å²) < 4.78 is 11.8. The second-order valence-electron chi connectivity index (χ2n) is 4.58. The van der Waals surface area contributed by atoms with Crippen molar-refractivity contribution in [3.05, 3.63) is 22.3 Å². The minimum Gasteiger partial charge on any atom is -0.493 e. The number of primary amides is 1. The summed E-state index contributed by atoms with van der Waals surface area (Å²) in [5, 5.41) is 10.1. The van der Waals surface area contributed by atoms with Crippen molar-refractivity contribution >= 4 is 21.8 Å². The number of carbonyl (C=O) groups is 1. The van der Waals surface area contributed by atoms with Crippen molar-refractivity contribution in [3.63, 3.8) is 0 Å². The monoisotopic (exact) mass is 368 g/mol. The fourth-order valence-corrected chi connectivity index (χ4v) is 2.48. The van der Waals surface area contributed by atoms with E-state index in [1.807, 2.05) is 0 Å². The van der Waals surface area contributed by atoms with Crippen molar-refractivity contribution in [2.75, 3.05) is 13.7 Å². The van der Waals surface area contributed by atoms with Crippen LogP contribution in [0.1, 0.15) is 30.3 Å². The van der Waals surface area contributed by atoms with E-state index in [9.17, 15) is 4.79 Å². The van der Waals surface area contributed by atoms with Gasteiger partial charge in [0.15, 0.2) is 17.2 Å². The highest BCUT2D eigenvalue weighted by molar-refractivity contribution is 9.10. The van der Waals surface area contributed by atoms with E-state index in [-0.39, 0.29) is 5.69 Å². The Bertz CT molecular complexity index is 672. The van der Waals surface area contributed by atoms with Crippen LogP contribution in [0.5, 0.6) is 11.5 Å². The number of H-pyrrole nitrogens is 1. The van der Waals surface area contributed by atoms with Gasteiger partial charge in [-0.05, 0) is 34.5 Å². The number of unbranched alkanes of at least 4 members (excludes halogenated alkanes) is 1. The van der Waals surface area contributed by atoms with Gasteiger partial charge in [0.05, 0.1) is 18.2 Å². The van der Waals surface area contributed by atoms with Crippen LogP contribution < -0.4 is 15.2 Å². The highest BCUT2D eigenvalue weighted by Crippen LogP contribution is 2.39. The first-order valence-electron chi connectivity index (χ1n) is 6.79. The van der Waals surface area contributed by atoms with Crippen molar-refractivity contribution in [1.29, 1.82) is 0 Å². The van der Waals surface area contributed by atoms with E-state index < -0.39 is 5.91 Å². The third-order valence-electron chi connectivity index (χ3n) is 3.03. The SMILES string of the molecule is CCCCOc1c(Br)cc(-c2n[nH]nc2C(N)=O)cc1OC. The lowest BCUT2D eigenvalue weighted by Crippen LogP contribution is -2.12. The molecule has 1 aromatic heterocycles. The summed E-state index contributed by atoms with van der Waals surface area (Å²) in [7, 11) is 1.55. The van der Waals surface area contributed by atoms with Gasteiger partial charge in [-0.25, -0.2) is 0 Å². The largest absolute Gasteiger partial charge is 0.493 e. The van der Waals surface area contributed by atoms with Crippen LogP contribution in [0.25, 0.3) is 11.3 Å². The number of benzene rings is 1. The van der Waals surface area contributed by atoms with Gasteiger partial charge in [0.25, 0.3) is 5.91 Å². The van der Waals surface area contributed by atoms with Crippen LogP contribution in [0.2, 0.25) is 0 Å². The molecule has 1 aromatic carbocycles. The van der Waals surface area contributed by atoms with Crippen molar-refractivity contribution in [1.82, 2.24) is 15.4 Å². The Morgan fingerprint density at radius 2 is 2.18 bits per heavy atom. The second kappa shape index (κ2) is 7.26. The lowest BCUT2D eigenvalue weighted by Gasteiger charge is -2.13. The van der Waals surface area contributed by atoms with Gasteiger partial charge in [-0.15, -0.1) is 0 Å². The smallest absolute Gasteiger partial charge is 0.271 e. The molecular formula is C14H17BrN4O3. The van der Waals surface area contributed by atoms with Gasteiger partial charge in [0.2, 0.25) is 0 Å². The molecule has 0 bridgehead atoms. The number of aromatic amines is 1. The van der Waals surface area contributed by atoms with Gasteiger partial charge in [-0.1, -0.05) is 13.3 Å². The number of nitrogens with zero attached hydrogens (tertiary/aromatic N) is 2. The summed E-state index contributed by atoms with van der Waals surface area (Å²) in [5.41, 5.74) is 6.38. The zero-order chi connectivity index (χ0) is 16.1. The first-order valence-corrected chi connectivity index (χ1v) is 7.59. The summed E-state index contributed by atoms with van der Waals surface area (Å²) >= 11 is 3.46. The molecule has 0 saturated carbocycles. The maximum absolute atomic E-state index is 11.4. The molecule has 1 heterocycles. The van der Waals surface area contributed by atoms with E-state index in [4.69, 9.17) is 15.2 Å². The lowest BCUT2D eigenvalue weighted by molar-refractivity contribution is 0.0996. The summed E-state index contributed by atoms with van der Waals surface area (Å²) in [6.45, 7) is 2.69. The van der Waals surface area contributed by atoms with Crippen molar-refractivity contribution in [3.8, 4) is 22.8 Å². The fourth-order valence-electron chi connectivity index (χ4n) is 1.92.